The summed E-state index contributed by atoms with van der Waals surface area (Å²) in [7, 11) is -2.06. The fourth-order valence-corrected chi connectivity index (χ4v) is 4.15. The van der Waals surface area contributed by atoms with Crippen LogP contribution in [0, 0.1) is 5.92 Å². The number of furan rings is 1. The van der Waals surface area contributed by atoms with Gasteiger partial charge >= 0.3 is 0 Å². The lowest BCUT2D eigenvalue weighted by Crippen LogP contribution is -2.43. The first kappa shape index (κ1) is 18.5. The van der Waals surface area contributed by atoms with Crippen molar-refractivity contribution in [3.05, 3.63) is 48.4 Å². The highest BCUT2D eigenvalue weighted by Gasteiger charge is 2.27. The van der Waals surface area contributed by atoms with Crippen molar-refractivity contribution in [1.29, 1.82) is 0 Å². The Morgan fingerprint density at radius 3 is 2.73 bits per heavy atom. The topological polar surface area (TPSA) is 88.9 Å². The second-order valence-electron chi connectivity index (χ2n) is 6.26. The van der Waals surface area contributed by atoms with Crippen molar-refractivity contribution >= 4 is 15.9 Å². The van der Waals surface area contributed by atoms with Crippen LogP contribution in [-0.4, -0.2) is 46.0 Å². The van der Waals surface area contributed by atoms with Crippen molar-refractivity contribution in [2.24, 2.45) is 5.92 Å². The molecule has 1 amide bonds. The lowest BCUT2D eigenvalue weighted by atomic mass is 9.98. The molecule has 26 heavy (non-hydrogen) atoms. The third-order valence-electron chi connectivity index (χ3n) is 4.47. The van der Waals surface area contributed by atoms with E-state index < -0.39 is 10.0 Å². The number of benzene rings is 1. The number of ether oxygens (including phenoxy) is 1. The number of methoxy groups -OCH3 is 1. The summed E-state index contributed by atoms with van der Waals surface area (Å²) in [5.74, 6) is 0.821. The van der Waals surface area contributed by atoms with Crippen molar-refractivity contribution in [2.75, 3.05) is 26.7 Å². The predicted octanol–water partition coefficient (Wildman–Crippen LogP) is 2.12. The summed E-state index contributed by atoms with van der Waals surface area (Å²) in [4.78, 5) is 14.3. The third-order valence-corrected chi connectivity index (χ3v) is 5.91. The molecule has 0 unspecified atom stereocenters. The average molecular weight is 378 g/mol. The van der Waals surface area contributed by atoms with Crippen molar-refractivity contribution in [3.8, 4) is 5.75 Å². The van der Waals surface area contributed by atoms with Crippen LogP contribution in [-0.2, 0) is 10.0 Å². The summed E-state index contributed by atoms with van der Waals surface area (Å²) in [6.45, 7) is 1.45. The Morgan fingerprint density at radius 1 is 1.31 bits per heavy atom. The number of likely N-dealkylation sites (tertiary alicyclic amines) is 1. The van der Waals surface area contributed by atoms with Gasteiger partial charge in [0.15, 0.2) is 5.76 Å². The lowest BCUT2D eigenvalue weighted by molar-refractivity contribution is 0.0644. The maximum atomic E-state index is 12.4. The van der Waals surface area contributed by atoms with Crippen LogP contribution in [0.1, 0.15) is 23.4 Å². The second-order valence-corrected chi connectivity index (χ2v) is 8.03. The molecule has 1 N–H and O–H groups in total. The van der Waals surface area contributed by atoms with E-state index in [1.54, 1.807) is 29.2 Å². The molecule has 1 atom stereocenters. The minimum atomic E-state index is -3.59. The van der Waals surface area contributed by atoms with E-state index in [1.165, 1.54) is 25.5 Å². The lowest BCUT2D eigenvalue weighted by Gasteiger charge is -2.32. The zero-order valence-electron chi connectivity index (χ0n) is 14.6. The molecule has 1 aliphatic heterocycles. The molecule has 1 aromatic carbocycles. The first-order valence-corrected chi connectivity index (χ1v) is 9.94. The van der Waals surface area contributed by atoms with Gasteiger partial charge < -0.3 is 14.1 Å². The minimum Gasteiger partial charge on any atom is -0.497 e. The minimum absolute atomic E-state index is 0.0654. The predicted molar refractivity (Wildman–Crippen MR) is 95.5 cm³/mol. The highest BCUT2D eigenvalue weighted by molar-refractivity contribution is 7.89. The van der Waals surface area contributed by atoms with E-state index in [4.69, 9.17) is 9.15 Å². The summed E-state index contributed by atoms with van der Waals surface area (Å²) in [5.41, 5.74) is 0. The van der Waals surface area contributed by atoms with Crippen LogP contribution in [0.5, 0.6) is 5.75 Å². The SMILES string of the molecule is COc1ccc(S(=O)(=O)NC[C@@H]2CCCN(C(=O)c3ccco3)C2)cc1. The quantitative estimate of drug-likeness (QED) is 0.832. The summed E-state index contributed by atoms with van der Waals surface area (Å²) in [6, 6.07) is 9.55. The van der Waals surface area contributed by atoms with Crippen LogP contribution < -0.4 is 9.46 Å². The number of hydrogen-bond donors (Lipinski definition) is 1. The summed E-state index contributed by atoms with van der Waals surface area (Å²) in [6.07, 6.45) is 3.17. The van der Waals surface area contributed by atoms with Crippen LogP contribution in [0.15, 0.2) is 52.0 Å². The van der Waals surface area contributed by atoms with Gasteiger partial charge in [-0.2, -0.15) is 0 Å². The standard InChI is InChI=1S/C18H22N2O5S/c1-24-15-6-8-16(9-7-15)26(22,23)19-12-14-4-2-10-20(13-14)18(21)17-5-3-11-25-17/h3,5-9,11,14,19H,2,4,10,12-13H2,1H3/t14-/m0/s1. The Labute approximate surface area is 153 Å². The van der Waals surface area contributed by atoms with E-state index in [1.807, 2.05) is 0 Å². The van der Waals surface area contributed by atoms with Gasteiger partial charge in [0.1, 0.15) is 5.75 Å². The van der Waals surface area contributed by atoms with Gasteiger partial charge in [-0.1, -0.05) is 0 Å². The highest BCUT2D eigenvalue weighted by atomic mass is 32.2. The number of nitrogens with one attached hydrogen (secondary N) is 1. The van der Waals surface area contributed by atoms with E-state index in [0.717, 1.165) is 12.8 Å². The number of carbonyl (C=O) groups excluding carboxylic acids is 1. The largest absolute Gasteiger partial charge is 0.497 e. The van der Waals surface area contributed by atoms with Gasteiger partial charge in [-0.25, -0.2) is 13.1 Å². The number of piperidine rings is 1. The molecule has 0 bridgehead atoms. The zero-order valence-corrected chi connectivity index (χ0v) is 15.4. The fourth-order valence-electron chi connectivity index (χ4n) is 3.04. The Morgan fingerprint density at radius 2 is 2.08 bits per heavy atom. The van der Waals surface area contributed by atoms with E-state index in [-0.39, 0.29) is 23.3 Å². The van der Waals surface area contributed by atoms with Crippen molar-refractivity contribution < 1.29 is 22.4 Å². The van der Waals surface area contributed by atoms with Gasteiger partial charge in [0.05, 0.1) is 18.3 Å². The molecule has 0 spiro atoms. The molecular formula is C18H22N2O5S. The number of hydrogen-bond acceptors (Lipinski definition) is 5. The number of carbonyl (C=O) groups is 1. The maximum absolute atomic E-state index is 12.4. The molecule has 3 rings (SSSR count). The average Bonchev–Trinajstić information content (AvgIpc) is 3.21. The van der Waals surface area contributed by atoms with E-state index in [0.29, 0.717) is 24.6 Å². The van der Waals surface area contributed by atoms with E-state index in [9.17, 15) is 13.2 Å². The Kier molecular flexibility index (Phi) is 5.63. The molecule has 1 aromatic heterocycles. The second kappa shape index (κ2) is 7.92. The molecule has 0 radical (unpaired) electrons. The monoisotopic (exact) mass is 378 g/mol. The maximum Gasteiger partial charge on any atom is 0.289 e. The van der Waals surface area contributed by atoms with Gasteiger partial charge in [-0.3, -0.25) is 4.79 Å². The van der Waals surface area contributed by atoms with Crippen molar-refractivity contribution in [1.82, 2.24) is 9.62 Å². The van der Waals surface area contributed by atoms with E-state index >= 15 is 0 Å². The van der Waals surface area contributed by atoms with E-state index in [2.05, 4.69) is 4.72 Å². The van der Waals surface area contributed by atoms with Gasteiger partial charge in [-0.05, 0) is 55.2 Å². The molecule has 2 aromatic rings. The third kappa shape index (κ3) is 4.25. The van der Waals surface area contributed by atoms with Crippen LogP contribution in [0.25, 0.3) is 0 Å². The zero-order chi connectivity index (χ0) is 18.6. The fraction of sp³-hybridized carbons (Fsp3) is 0.389. The molecule has 0 saturated carbocycles. The van der Waals surface area contributed by atoms with Gasteiger partial charge in [0.25, 0.3) is 5.91 Å². The number of nitrogens with zero attached hydrogens (tertiary/aromatic N) is 1. The summed E-state index contributed by atoms with van der Waals surface area (Å²) < 4.78 is 37.7. The molecule has 8 heteroatoms. The first-order chi connectivity index (χ1) is 12.5. The molecule has 7 nitrogen and oxygen atoms in total. The normalized spacial score (nSPS) is 17.9. The molecule has 1 fully saturated rings. The Balaban J connectivity index is 1.59. The number of rotatable bonds is 6. The first-order valence-electron chi connectivity index (χ1n) is 8.46. The van der Waals surface area contributed by atoms with Gasteiger partial charge in [0.2, 0.25) is 10.0 Å². The smallest absolute Gasteiger partial charge is 0.289 e. The molecular weight excluding hydrogens is 356 g/mol. The Bertz CT molecular complexity index is 831. The van der Waals surface area contributed by atoms with Crippen LogP contribution >= 0.6 is 0 Å². The summed E-state index contributed by atoms with van der Waals surface area (Å²) >= 11 is 0. The van der Waals surface area contributed by atoms with Gasteiger partial charge in [0, 0.05) is 19.6 Å². The molecule has 2 heterocycles. The van der Waals surface area contributed by atoms with Crippen LogP contribution in [0.3, 0.4) is 0 Å². The van der Waals surface area contributed by atoms with Crippen molar-refractivity contribution in [3.63, 3.8) is 0 Å². The number of amides is 1. The molecule has 140 valence electrons. The Hall–Kier alpha value is -2.32. The van der Waals surface area contributed by atoms with Crippen LogP contribution in [0.2, 0.25) is 0 Å². The highest BCUT2D eigenvalue weighted by Crippen LogP contribution is 2.20. The molecule has 1 saturated heterocycles. The van der Waals surface area contributed by atoms with Gasteiger partial charge in [-0.15, -0.1) is 0 Å². The molecule has 1 aliphatic rings. The van der Waals surface area contributed by atoms with Crippen LogP contribution in [0.4, 0.5) is 0 Å². The number of sulfonamides is 1. The van der Waals surface area contributed by atoms with Crippen molar-refractivity contribution in [2.45, 2.75) is 17.7 Å². The summed E-state index contributed by atoms with van der Waals surface area (Å²) in [5, 5.41) is 0. The molecule has 0 aliphatic carbocycles.